The molecule has 0 bridgehead atoms. The van der Waals surface area contributed by atoms with Gasteiger partial charge in [-0.1, -0.05) is 41.9 Å². The summed E-state index contributed by atoms with van der Waals surface area (Å²) in [5.41, 5.74) is 8.86. The molecule has 0 aliphatic carbocycles. The maximum absolute atomic E-state index is 13.8. The van der Waals surface area contributed by atoms with Crippen LogP contribution in [0.15, 0.2) is 95.9 Å². The summed E-state index contributed by atoms with van der Waals surface area (Å²) < 4.78 is 19.9. The fraction of sp³-hybridized carbons (Fsp3) is 0.0400. The molecule has 0 aliphatic rings. The molecule has 0 spiro atoms. The Hall–Kier alpha value is -3.03. The second-order valence-corrected chi connectivity index (χ2v) is 7.92. The van der Waals surface area contributed by atoms with Crippen molar-refractivity contribution in [3.05, 3.63) is 107 Å². The smallest absolute Gasteiger partial charge is 0.137 e. The lowest BCUT2D eigenvalue weighted by molar-refractivity contribution is 0.0435. The highest BCUT2D eigenvalue weighted by atomic mass is 35.5. The van der Waals surface area contributed by atoms with Gasteiger partial charge in [-0.25, -0.2) is 4.39 Å². The Kier molecular flexibility index (Phi) is 7.29. The minimum atomic E-state index is -0.320. The van der Waals surface area contributed by atoms with Gasteiger partial charge in [0, 0.05) is 21.5 Å². The van der Waals surface area contributed by atoms with E-state index in [1.54, 1.807) is 36.4 Å². The van der Waals surface area contributed by atoms with E-state index in [2.05, 4.69) is 23.6 Å². The first-order valence-electron chi connectivity index (χ1n) is 9.81. The third kappa shape index (κ3) is 6.02. The van der Waals surface area contributed by atoms with Crippen LogP contribution >= 0.6 is 24.2 Å². The lowest BCUT2D eigenvalue weighted by Crippen LogP contribution is -2.21. The van der Waals surface area contributed by atoms with Gasteiger partial charge in [0.25, 0.3) is 0 Å². The first-order valence-corrected chi connectivity index (χ1v) is 10.6. The minimum absolute atomic E-state index is 0.320. The summed E-state index contributed by atoms with van der Waals surface area (Å²) in [5.74, 6) is 0.789. The number of nitrogens with one attached hydrogen (secondary N) is 2. The highest BCUT2D eigenvalue weighted by Gasteiger charge is 2.11. The lowest BCUT2D eigenvalue weighted by Gasteiger charge is -2.15. The molecule has 162 valence electrons. The number of rotatable bonds is 8. The molecule has 2 N–H and O–H groups in total. The van der Waals surface area contributed by atoms with Gasteiger partial charge in [0.05, 0.1) is 12.3 Å². The zero-order valence-electron chi connectivity index (χ0n) is 16.9. The molecule has 32 heavy (non-hydrogen) atoms. The van der Waals surface area contributed by atoms with Crippen molar-refractivity contribution in [2.45, 2.75) is 11.5 Å². The van der Waals surface area contributed by atoms with E-state index in [1.165, 1.54) is 12.1 Å². The van der Waals surface area contributed by atoms with Crippen LogP contribution in [0.4, 0.5) is 10.1 Å². The van der Waals surface area contributed by atoms with Crippen LogP contribution in [-0.4, -0.2) is 0 Å². The van der Waals surface area contributed by atoms with Crippen LogP contribution in [0, 0.1) is 5.82 Å². The molecule has 4 aromatic carbocycles. The molecule has 4 aromatic rings. The molecule has 0 unspecified atom stereocenters. The predicted octanol–water partition coefficient (Wildman–Crippen LogP) is 7.28. The van der Waals surface area contributed by atoms with Crippen molar-refractivity contribution in [2.75, 3.05) is 5.43 Å². The maximum Gasteiger partial charge on any atom is 0.137 e. The van der Waals surface area contributed by atoms with Gasteiger partial charge in [-0.2, -0.15) is 0 Å². The summed E-state index contributed by atoms with van der Waals surface area (Å²) in [4.78, 5) is 6.37. The van der Waals surface area contributed by atoms with Crippen LogP contribution in [0.1, 0.15) is 5.56 Å². The Bertz CT molecular complexity index is 1200. The van der Waals surface area contributed by atoms with Gasteiger partial charge >= 0.3 is 0 Å². The average Bonchev–Trinajstić information content (AvgIpc) is 2.78. The van der Waals surface area contributed by atoms with E-state index in [4.69, 9.17) is 21.2 Å². The first-order chi connectivity index (χ1) is 15.6. The quantitative estimate of drug-likeness (QED) is 0.145. The van der Waals surface area contributed by atoms with Gasteiger partial charge in [0.15, 0.2) is 0 Å². The summed E-state index contributed by atoms with van der Waals surface area (Å²) in [6.07, 6.45) is 0. The highest BCUT2D eigenvalue weighted by molar-refractivity contribution is 7.80. The van der Waals surface area contributed by atoms with Crippen LogP contribution < -0.4 is 15.8 Å². The monoisotopic (exact) mass is 466 g/mol. The van der Waals surface area contributed by atoms with Crippen molar-refractivity contribution in [1.82, 2.24) is 5.59 Å². The molecule has 0 fully saturated rings. The van der Waals surface area contributed by atoms with E-state index < -0.39 is 0 Å². The lowest BCUT2D eigenvalue weighted by atomic mass is 10.0. The number of hydrazine groups is 1. The molecule has 4 nitrogen and oxygen atoms in total. The fourth-order valence-electron chi connectivity index (χ4n) is 3.04. The second kappa shape index (κ2) is 10.5. The summed E-state index contributed by atoms with van der Waals surface area (Å²) in [6, 6.07) is 26.6. The van der Waals surface area contributed by atoms with Crippen molar-refractivity contribution in [3.8, 4) is 22.6 Å². The van der Waals surface area contributed by atoms with Crippen LogP contribution in [-0.2, 0) is 11.4 Å². The van der Waals surface area contributed by atoms with Gasteiger partial charge in [-0.15, -0.1) is 18.2 Å². The van der Waals surface area contributed by atoms with Crippen LogP contribution in [0.25, 0.3) is 11.1 Å². The maximum atomic E-state index is 13.8. The molecule has 0 heterocycles. The van der Waals surface area contributed by atoms with Crippen molar-refractivity contribution in [2.24, 2.45) is 0 Å². The molecule has 0 aromatic heterocycles. The summed E-state index contributed by atoms with van der Waals surface area (Å²) in [6.45, 7) is 0.369. The van der Waals surface area contributed by atoms with Crippen molar-refractivity contribution in [1.29, 1.82) is 0 Å². The van der Waals surface area contributed by atoms with E-state index in [0.717, 1.165) is 16.0 Å². The SMILES string of the molecule is Fc1cccc(-c2ccc(NNOCc3ccc(S)cc3)cc2Oc2cccc(Cl)c2)c1. The van der Waals surface area contributed by atoms with E-state index in [1.807, 2.05) is 42.5 Å². The van der Waals surface area contributed by atoms with Gasteiger partial charge in [-0.05, 0) is 65.7 Å². The van der Waals surface area contributed by atoms with E-state index in [-0.39, 0.29) is 5.82 Å². The Morgan fingerprint density at radius 1 is 0.875 bits per heavy atom. The van der Waals surface area contributed by atoms with Crippen molar-refractivity contribution >= 4 is 29.9 Å². The van der Waals surface area contributed by atoms with Crippen LogP contribution in [0.2, 0.25) is 5.02 Å². The second-order valence-electron chi connectivity index (χ2n) is 6.96. The van der Waals surface area contributed by atoms with E-state index >= 15 is 0 Å². The number of hydrogen-bond acceptors (Lipinski definition) is 5. The van der Waals surface area contributed by atoms with Gasteiger partial charge in [0.1, 0.15) is 17.3 Å². The molecule has 4 rings (SSSR count). The fourth-order valence-corrected chi connectivity index (χ4v) is 3.37. The first kappa shape index (κ1) is 22.2. The molecule has 0 amide bonds. The van der Waals surface area contributed by atoms with Crippen LogP contribution in [0.3, 0.4) is 0 Å². The number of thiol groups is 1. The molecular formula is C25H20ClFN2O2S. The standard InChI is InChI=1S/C25H20ClFN2O2S/c26-19-4-2-6-22(14-19)31-25-15-21(9-12-24(25)18-3-1-5-20(27)13-18)28-29-30-16-17-7-10-23(32)11-8-17/h1-15,28-29,32H,16H2. The van der Waals surface area contributed by atoms with Crippen molar-refractivity contribution in [3.63, 3.8) is 0 Å². The number of benzene rings is 4. The van der Waals surface area contributed by atoms with Crippen molar-refractivity contribution < 1.29 is 14.0 Å². The number of halogens is 2. The summed E-state index contributed by atoms with van der Waals surface area (Å²) >= 11 is 10.4. The molecule has 0 saturated carbocycles. The molecule has 0 aliphatic heterocycles. The van der Waals surface area contributed by atoms with Gasteiger partial charge in [0.2, 0.25) is 0 Å². The minimum Gasteiger partial charge on any atom is -0.457 e. The average molecular weight is 467 g/mol. The molecule has 0 atom stereocenters. The number of ether oxygens (including phenoxy) is 1. The number of hydrogen-bond donors (Lipinski definition) is 3. The van der Waals surface area contributed by atoms with E-state index in [0.29, 0.717) is 34.4 Å². The Balaban J connectivity index is 1.51. The summed E-state index contributed by atoms with van der Waals surface area (Å²) in [7, 11) is 0. The largest absolute Gasteiger partial charge is 0.457 e. The zero-order valence-corrected chi connectivity index (χ0v) is 18.5. The Morgan fingerprint density at radius 2 is 1.69 bits per heavy atom. The molecule has 7 heteroatoms. The number of anilines is 1. The summed E-state index contributed by atoms with van der Waals surface area (Å²) in [5, 5.41) is 0.560. The topological polar surface area (TPSA) is 42.5 Å². The zero-order chi connectivity index (χ0) is 22.3. The molecule has 0 radical (unpaired) electrons. The molecule has 0 saturated heterocycles. The normalized spacial score (nSPS) is 10.7. The Labute approximate surface area is 196 Å². The third-order valence-corrected chi connectivity index (χ3v) is 5.12. The van der Waals surface area contributed by atoms with Gasteiger partial charge < -0.3 is 4.74 Å². The van der Waals surface area contributed by atoms with Gasteiger partial charge in [-0.3, -0.25) is 10.3 Å². The van der Waals surface area contributed by atoms with E-state index in [9.17, 15) is 4.39 Å². The molecular weight excluding hydrogens is 447 g/mol. The third-order valence-electron chi connectivity index (χ3n) is 4.58. The predicted molar refractivity (Wildman–Crippen MR) is 129 cm³/mol. The Morgan fingerprint density at radius 3 is 2.47 bits per heavy atom. The highest BCUT2D eigenvalue weighted by Crippen LogP contribution is 2.36. The van der Waals surface area contributed by atoms with Crippen LogP contribution in [0.5, 0.6) is 11.5 Å².